The molecule has 1 N–H and O–H groups in total. The van der Waals surface area contributed by atoms with E-state index in [0.29, 0.717) is 19.0 Å². The summed E-state index contributed by atoms with van der Waals surface area (Å²) in [7, 11) is 1.97. The zero-order chi connectivity index (χ0) is 20.6. The van der Waals surface area contributed by atoms with Gasteiger partial charge in [0.15, 0.2) is 11.8 Å². The van der Waals surface area contributed by atoms with Crippen molar-refractivity contribution in [3.8, 4) is 0 Å². The van der Waals surface area contributed by atoms with Gasteiger partial charge in [-0.15, -0.1) is 10.2 Å². The third-order valence-corrected chi connectivity index (χ3v) is 5.88. The van der Waals surface area contributed by atoms with Crippen LogP contribution in [0.15, 0.2) is 4.99 Å². The van der Waals surface area contributed by atoms with Crippen LogP contribution in [0.5, 0.6) is 0 Å². The molecule has 0 radical (unpaired) electrons. The van der Waals surface area contributed by atoms with Crippen molar-refractivity contribution in [1.29, 1.82) is 0 Å². The number of nitrogens with zero attached hydrogens (tertiary/aromatic N) is 7. The molecule has 0 spiro atoms. The van der Waals surface area contributed by atoms with Crippen molar-refractivity contribution >= 4 is 11.9 Å². The van der Waals surface area contributed by atoms with Crippen LogP contribution in [0.4, 0.5) is 0 Å². The van der Waals surface area contributed by atoms with Crippen molar-refractivity contribution in [2.45, 2.75) is 46.1 Å². The Balaban J connectivity index is 1.51. The molecule has 3 rings (SSSR count). The Morgan fingerprint density at radius 1 is 1.00 bits per heavy atom. The molecule has 0 saturated carbocycles. The maximum atomic E-state index is 12.6. The molecule has 2 saturated heterocycles. The predicted octanol–water partition coefficient (Wildman–Crippen LogP) is 0.609. The Hall–Kier alpha value is -2.16. The number of carbonyl (C=O) groups is 1. The van der Waals surface area contributed by atoms with Gasteiger partial charge in [0.1, 0.15) is 12.4 Å². The zero-order valence-corrected chi connectivity index (χ0v) is 18.2. The van der Waals surface area contributed by atoms with Crippen LogP contribution in [0, 0.1) is 6.92 Å². The number of aryl methyl sites for hydroxylation is 1. The predicted molar refractivity (Wildman–Crippen MR) is 114 cm³/mol. The number of guanidine groups is 1. The minimum atomic E-state index is 0.290. The van der Waals surface area contributed by atoms with E-state index in [-0.39, 0.29) is 0 Å². The lowest BCUT2D eigenvalue weighted by atomic mass is 10.2. The van der Waals surface area contributed by atoms with Crippen molar-refractivity contribution in [2.24, 2.45) is 12.0 Å². The molecule has 1 aromatic heterocycles. The van der Waals surface area contributed by atoms with E-state index in [0.717, 1.165) is 76.3 Å². The van der Waals surface area contributed by atoms with Crippen molar-refractivity contribution in [1.82, 2.24) is 34.8 Å². The molecule has 0 atom stereocenters. The number of piperazine rings is 1. The lowest BCUT2D eigenvalue weighted by Crippen LogP contribution is -2.54. The number of carbonyl (C=O) groups excluding carboxylic acids is 1. The second-order valence-electron chi connectivity index (χ2n) is 7.95. The summed E-state index contributed by atoms with van der Waals surface area (Å²) in [6, 6.07) is 0. The quantitative estimate of drug-likeness (QED) is 0.572. The second-order valence-corrected chi connectivity index (χ2v) is 7.95. The standard InChI is InChI=1S/C20H36N8O/c1-4-21-20(22-15-18-24-23-17(2)25(18)3)28-13-11-26(12-14-28)16-19(29)27-9-7-5-6-8-10-27/h4-16H2,1-3H3,(H,21,22). The highest BCUT2D eigenvalue weighted by Crippen LogP contribution is 2.11. The zero-order valence-electron chi connectivity index (χ0n) is 18.2. The van der Waals surface area contributed by atoms with Crippen LogP contribution >= 0.6 is 0 Å². The summed E-state index contributed by atoms with van der Waals surface area (Å²) in [5.41, 5.74) is 0. The van der Waals surface area contributed by atoms with Crippen LogP contribution in [0.25, 0.3) is 0 Å². The Kier molecular flexibility index (Phi) is 7.85. The Morgan fingerprint density at radius 2 is 1.69 bits per heavy atom. The van der Waals surface area contributed by atoms with Gasteiger partial charge in [0.05, 0.1) is 6.54 Å². The molecule has 0 aliphatic carbocycles. The number of rotatable bonds is 5. The summed E-state index contributed by atoms with van der Waals surface area (Å²) < 4.78 is 1.97. The van der Waals surface area contributed by atoms with Crippen LogP contribution in [0.1, 0.15) is 44.3 Å². The average Bonchev–Trinajstić information content (AvgIpc) is 2.93. The molecular formula is C20H36N8O. The average molecular weight is 405 g/mol. The fourth-order valence-corrected chi connectivity index (χ4v) is 3.89. The third kappa shape index (κ3) is 5.91. The number of hydrogen-bond acceptors (Lipinski definition) is 5. The smallest absolute Gasteiger partial charge is 0.236 e. The van der Waals surface area contributed by atoms with Crippen LogP contribution < -0.4 is 5.32 Å². The SMILES string of the molecule is CCNC(=NCc1nnc(C)n1C)N1CCN(CC(=O)N2CCCCCC2)CC1. The first kappa shape index (κ1) is 21.5. The maximum absolute atomic E-state index is 12.6. The molecule has 0 bridgehead atoms. The first-order valence-corrected chi connectivity index (χ1v) is 11.0. The maximum Gasteiger partial charge on any atom is 0.236 e. The van der Waals surface area contributed by atoms with E-state index in [2.05, 4.69) is 37.1 Å². The monoisotopic (exact) mass is 404 g/mol. The number of hydrogen-bond donors (Lipinski definition) is 1. The van der Waals surface area contributed by atoms with Crippen LogP contribution in [0.2, 0.25) is 0 Å². The van der Waals surface area contributed by atoms with Gasteiger partial charge in [-0.05, 0) is 26.7 Å². The minimum absolute atomic E-state index is 0.290. The number of likely N-dealkylation sites (tertiary alicyclic amines) is 1. The number of aliphatic imine (C=N–C) groups is 1. The molecule has 2 aliphatic rings. The van der Waals surface area contributed by atoms with Gasteiger partial charge in [-0.2, -0.15) is 0 Å². The number of aromatic nitrogens is 3. The van der Waals surface area contributed by atoms with Gasteiger partial charge in [-0.25, -0.2) is 4.99 Å². The van der Waals surface area contributed by atoms with Crippen LogP contribution in [-0.4, -0.2) is 93.7 Å². The summed E-state index contributed by atoms with van der Waals surface area (Å²) in [6.45, 7) is 11.3. The van der Waals surface area contributed by atoms with Gasteiger partial charge in [0.2, 0.25) is 5.91 Å². The molecular weight excluding hydrogens is 368 g/mol. The highest BCUT2D eigenvalue weighted by molar-refractivity contribution is 5.80. The van der Waals surface area contributed by atoms with E-state index < -0.39 is 0 Å². The normalized spacial score (nSPS) is 19.3. The molecule has 3 heterocycles. The van der Waals surface area contributed by atoms with E-state index in [9.17, 15) is 4.79 Å². The molecule has 29 heavy (non-hydrogen) atoms. The topological polar surface area (TPSA) is 81.9 Å². The summed E-state index contributed by atoms with van der Waals surface area (Å²) in [6.07, 6.45) is 4.80. The third-order valence-electron chi connectivity index (χ3n) is 5.88. The van der Waals surface area contributed by atoms with E-state index in [4.69, 9.17) is 4.99 Å². The molecule has 162 valence electrons. The van der Waals surface area contributed by atoms with E-state index in [1.165, 1.54) is 12.8 Å². The highest BCUT2D eigenvalue weighted by Gasteiger charge is 2.23. The van der Waals surface area contributed by atoms with E-state index in [1.807, 2.05) is 18.5 Å². The minimum Gasteiger partial charge on any atom is -0.357 e. The molecule has 0 aromatic carbocycles. The highest BCUT2D eigenvalue weighted by atomic mass is 16.2. The molecule has 0 unspecified atom stereocenters. The lowest BCUT2D eigenvalue weighted by molar-refractivity contribution is -0.132. The van der Waals surface area contributed by atoms with Gasteiger partial charge in [-0.1, -0.05) is 12.8 Å². The fraction of sp³-hybridized carbons (Fsp3) is 0.800. The van der Waals surface area contributed by atoms with Gasteiger partial charge >= 0.3 is 0 Å². The molecule has 9 heteroatoms. The molecule has 2 fully saturated rings. The fourth-order valence-electron chi connectivity index (χ4n) is 3.89. The second kappa shape index (κ2) is 10.6. The summed E-state index contributed by atoms with van der Waals surface area (Å²) in [5.74, 6) is 2.95. The largest absolute Gasteiger partial charge is 0.357 e. The molecule has 1 aromatic rings. The van der Waals surface area contributed by atoms with Crippen molar-refractivity contribution < 1.29 is 4.79 Å². The molecule has 9 nitrogen and oxygen atoms in total. The Labute approximate surface area is 174 Å². The van der Waals surface area contributed by atoms with Crippen molar-refractivity contribution in [3.05, 3.63) is 11.6 Å². The number of amides is 1. The van der Waals surface area contributed by atoms with Crippen molar-refractivity contribution in [3.63, 3.8) is 0 Å². The van der Waals surface area contributed by atoms with Crippen molar-refractivity contribution in [2.75, 3.05) is 52.4 Å². The first-order valence-electron chi connectivity index (χ1n) is 11.0. The van der Waals surface area contributed by atoms with Crippen LogP contribution in [0.3, 0.4) is 0 Å². The molecule has 2 aliphatic heterocycles. The van der Waals surface area contributed by atoms with Gasteiger partial charge in [-0.3, -0.25) is 9.69 Å². The van der Waals surface area contributed by atoms with Gasteiger partial charge in [0.25, 0.3) is 0 Å². The Morgan fingerprint density at radius 3 is 2.28 bits per heavy atom. The molecule has 1 amide bonds. The van der Waals surface area contributed by atoms with Gasteiger partial charge in [0, 0.05) is 52.9 Å². The first-order chi connectivity index (χ1) is 14.1. The summed E-state index contributed by atoms with van der Waals surface area (Å²) in [5, 5.41) is 11.7. The summed E-state index contributed by atoms with van der Waals surface area (Å²) in [4.78, 5) is 24.0. The summed E-state index contributed by atoms with van der Waals surface area (Å²) >= 11 is 0. The van der Waals surface area contributed by atoms with E-state index in [1.54, 1.807) is 0 Å². The lowest BCUT2D eigenvalue weighted by Gasteiger charge is -2.37. The van der Waals surface area contributed by atoms with E-state index >= 15 is 0 Å². The number of nitrogens with one attached hydrogen (secondary N) is 1. The Bertz CT molecular complexity index is 685. The van der Waals surface area contributed by atoms with Crippen LogP contribution in [-0.2, 0) is 18.4 Å². The van der Waals surface area contributed by atoms with Gasteiger partial charge < -0.3 is 19.7 Å².